The average Bonchev–Trinajstić information content (AvgIpc) is 2.75. The molecule has 0 aliphatic carbocycles. The Morgan fingerprint density at radius 3 is 2.71 bits per heavy atom. The highest BCUT2D eigenvalue weighted by Gasteiger charge is 2.11. The van der Waals surface area contributed by atoms with Gasteiger partial charge in [-0.1, -0.05) is 0 Å². The molecule has 1 N–H and O–H groups in total. The lowest BCUT2D eigenvalue weighted by Crippen LogP contribution is -2.18. The van der Waals surface area contributed by atoms with Crippen LogP contribution in [-0.4, -0.2) is 40.0 Å². The SMILES string of the molecule is CNC(C)c1nnnn1CCCCOC(C)C. The number of unbranched alkanes of at least 4 members (excludes halogenated alkanes) is 1. The van der Waals surface area contributed by atoms with Crippen LogP contribution in [0.5, 0.6) is 0 Å². The molecule has 0 aromatic carbocycles. The zero-order chi connectivity index (χ0) is 12.7. The van der Waals surface area contributed by atoms with Crippen LogP contribution in [0, 0.1) is 0 Å². The third kappa shape index (κ3) is 4.79. The summed E-state index contributed by atoms with van der Waals surface area (Å²) >= 11 is 0. The van der Waals surface area contributed by atoms with Gasteiger partial charge in [0.05, 0.1) is 12.1 Å². The number of ether oxygens (including phenoxy) is 1. The lowest BCUT2D eigenvalue weighted by molar-refractivity contribution is 0.0752. The van der Waals surface area contributed by atoms with Crippen LogP contribution in [0.25, 0.3) is 0 Å². The minimum absolute atomic E-state index is 0.178. The number of nitrogens with one attached hydrogen (secondary N) is 1. The highest BCUT2D eigenvalue weighted by molar-refractivity contribution is 4.88. The van der Waals surface area contributed by atoms with Crippen LogP contribution in [0.15, 0.2) is 0 Å². The van der Waals surface area contributed by atoms with E-state index in [-0.39, 0.29) is 6.04 Å². The Labute approximate surface area is 103 Å². The van der Waals surface area contributed by atoms with Gasteiger partial charge in [-0.05, 0) is 51.1 Å². The van der Waals surface area contributed by atoms with Gasteiger partial charge in [-0.15, -0.1) is 5.10 Å². The van der Waals surface area contributed by atoms with Gasteiger partial charge < -0.3 is 10.1 Å². The average molecular weight is 241 g/mol. The normalized spacial score (nSPS) is 13.2. The lowest BCUT2D eigenvalue weighted by atomic mass is 10.3. The van der Waals surface area contributed by atoms with Crippen molar-refractivity contribution < 1.29 is 4.74 Å². The predicted octanol–water partition coefficient (Wildman–Crippen LogP) is 1.16. The lowest BCUT2D eigenvalue weighted by Gasteiger charge is -2.10. The molecule has 0 saturated heterocycles. The van der Waals surface area contributed by atoms with Crippen molar-refractivity contribution in [3.05, 3.63) is 5.82 Å². The summed E-state index contributed by atoms with van der Waals surface area (Å²) in [4.78, 5) is 0. The molecule has 6 heteroatoms. The number of tetrazole rings is 1. The molecule has 6 nitrogen and oxygen atoms in total. The van der Waals surface area contributed by atoms with E-state index in [1.54, 1.807) is 0 Å². The molecule has 0 aliphatic heterocycles. The maximum absolute atomic E-state index is 5.49. The molecule has 1 aromatic heterocycles. The molecule has 0 saturated carbocycles. The summed E-state index contributed by atoms with van der Waals surface area (Å²) in [6.07, 6.45) is 2.37. The van der Waals surface area contributed by atoms with Gasteiger partial charge in [0.25, 0.3) is 0 Å². The van der Waals surface area contributed by atoms with Crippen LogP contribution in [0.1, 0.15) is 45.5 Å². The number of hydrogen-bond acceptors (Lipinski definition) is 5. The fourth-order valence-corrected chi connectivity index (χ4v) is 1.49. The number of rotatable bonds is 8. The van der Waals surface area contributed by atoms with E-state index >= 15 is 0 Å². The van der Waals surface area contributed by atoms with Crippen LogP contribution < -0.4 is 5.32 Å². The van der Waals surface area contributed by atoms with Crippen LogP contribution in [0.2, 0.25) is 0 Å². The van der Waals surface area contributed by atoms with E-state index in [0.717, 1.165) is 31.8 Å². The monoisotopic (exact) mass is 241 g/mol. The van der Waals surface area contributed by atoms with E-state index in [9.17, 15) is 0 Å². The molecular weight excluding hydrogens is 218 g/mol. The molecule has 1 heterocycles. The molecule has 0 fully saturated rings. The Hall–Kier alpha value is -1.01. The van der Waals surface area contributed by atoms with Gasteiger partial charge >= 0.3 is 0 Å². The van der Waals surface area contributed by atoms with Crippen LogP contribution in [0.3, 0.4) is 0 Å². The fourth-order valence-electron chi connectivity index (χ4n) is 1.49. The highest BCUT2D eigenvalue weighted by Crippen LogP contribution is 2.07. The number of nitrogens with zero attached hydrogens (tertiary/aromatic N) is 4. The Morgan fingerprint density at radius 1 is 1.29 bits per heavy atom. The first-order valence-electron chi connectivity index (χ1n) is 6.20. The van der Waals surface area contributed by atoms with Gasteiger partial charge in [-0.25, -0.2) is 4.68 Å². The third-order valence-corrected chi connectivity index (χ3v) is 2.60. The van der Waals surface area contributed by atoms with E-state index in [0.29, 0.717) is 6.10 Å². The second-order valence-corrected chi connectivity index (χ2v) is 4.40. The molecule has 0 spiro atoms. The number of aromatic nitrogens is 4. The van der Waals surface area contributed by atoms with Gasteiger partial charge in [0, 0.05) is 13.2 Å². The summed E-state index contributed by atoms with van der Waals surface area (Å²) < 4.78 is 7.34. The van der Waals surface area contributed by atoms with Crippen molar-refractivity contribution in [1.82, 2.24) is 25.5 Å². The van der Waals surface area contributed by atoms with E-state index in [1.807, 2.05) is 32.5 Å². The maximum atomic E-state index is 5.49. The van der Waals surface area contributed by atoms with Crippen molar-refractivity contribution in [1.29, 1.82) is 0 Å². The molecule has 1 unspecified atom stereocenters. The molecule has 0 radical (unpaired) electrons. The van der Waals surface area contributed by atoms with Crippen molar-refractivity contribution in [2.24, 2.45) is 0 Å². The molecule has 17 heavy (non-hydrogen) atoms. The highest BCUT2D eigenvalue weighted by atomic mass is 16.5. The second-order valence-electron chi connectivity index (χ2n) is 4.40. The Morgan fingerprint density at radius 2 is 2.06 bits per heavy atom. The summed E-state index contributed by atoms with van der Waals surface area (Å²) in [5, 5.41) is 14.9. The summed E-state index contributed by atoms with van der Waals surface area (Å²) in [5.74, 6) is 0.886. The van der Waals surface area contributed by atoms with Gasteiger partial charge in [0.1, 0.15) is 0 Å². The summed E-state index contributed by atoms with van der Waals surface area (Å²) in [6, 6.07) is 0.178. The quantitative estimate of drug-likeness (QED) is 0.692. The molecule has 1 aromatic rings. The molecule has 98 valence electrons. The first-order valence-corrected chi connectivity index (χ1v) is 6.20. The topological polar surface area (TPSA) is 64.9 Å². The second kappa shape index (κ2) is 7.34. The summed E-state index contributed by atoms with van der Waals surface area (Å²) in [5.41, 5.74) is 0. The number of aryl methyl sites for hydroxylation is 1. The third-order valence-electron chi connectivity index (χ3n) is 2.60. The largest absolute Gasteiger partial charge is 0.379 e. The maximum Gasteiger partial charge on any atom is 0.167 e. The van der Waals surface area contributed by atoms with E-state index in [1.165, 1.54) is 0 Å². The first-order chi connectivity index (χ1) is 8.15. The summed E-state index contributed by atoms with van der Waals surface area (Å²) in [7, 11) is 1.90. The van der Waals surface area contributed by atoms with Crippen molar-refractivity contribution >= 4 is 0 Å². The van der Waals surface area contributed by atoms with Crippen molar-refractivity contribution in [3.8, 4) is 0 Å². The first kappa shape index (κ1) is 14.1. The van der Waals surface area contributed by atoms with E-state index in [4.69, 9.17) is 4.74 Å². The molecule has 0 amide bonds. The van der Waals surface area contributed by atoms with Crippen molar-refractivity contribution in [3.63, 3.8) is 0 Å². The zero-order valence-corrected chi connectivity index (χ0v) is 11.2. The van der Waals surface area contributed by atoms with Crippen LogP contribution >= 0.6 is 0 Å². The fraction of sp³-hybridized carbons (Fsp3) is 0.909. The van der Waals surface area contributed by atoms with Crippen molar-refractivity contribution in [2.45, 2.75) is 52.3 Å². The van der Waals surface area contributed by atoms with E-state index < -0.39 is 0 Å². The molecule has 0 bridgehead atoms. The van der Waals surface area contributed by atoms with Crippen molar-refractivity contribution in [2.75, 3.05) is 13.7 Å². The van der Waals surface area contributed by atoms with Gasteiger partial charge in [0.15, 0.2) is 5.82 Å². The van der Waals surface area contributed by atoms with Crippen LogP contribution in [0.4, 0.5) is 0 Å². The standard InChI is InChI=1S/C11H23N5O/c1-9(2)17-8-6-5-7-16-11(10(3)12-4)13-14-15-16/h9-10,12H,5-8H2,1-4H3. The van der Waals surface area contributed by atoms with Gasteiger partial charge in [-0.2, -0.15) is 0 Å². The minimum atomic E-state index is 0.178. The summed E-state index contributed by atoms with van der Waals surface area (Å²) in [6.45, 7) is 7.79. The Bertz CT molecular complexity index is 313. The number of hydrogen-bond donors (Lipinski definition) is 1. The Balaban J connectivity index is 2.29. The van der Waals surface area contributed by atoms with E-state index in [2.05, 4.69) is 20.8 Å². The Kier molecular flexibility index (Phi) is 6.07. The molecule has 1 rings (SSSR count). The van der Waals surface area contributed by atoms with Crippen LogP contribution in [-0.2, 0) is 11.3 Å². The molecule has 1 atom stereocenters. The smallest absolute Gasteiger partial charge is 0.167 e. The van der Waals surface area contributed by atoms with Gasteiger partial charge in [0.2, 0.25) is 0 Å². The zero-order valence-electron chi connectivity index (χ0n) is 11.2. The molecular formula is C11H23N5O. The minimum Gasteiger partial charge on any atom is -0.379 e. The van der Waals surface area contributed by atoms with Gasteiger partial charge in [-0.3, -0.25) is 0 Å². The molecule has 0 aliphatic rings. The predicted molar refractivity (Wildman–Crippen MR) is 65.6 cm³/mol.